The van der Waals surface area contributed by atoms with Gasteiger partial charge in [0.25, 0.3) is 12.4 Å². The van der Waals surface area contributed by atoms with E-state index in [1.54, 1.807) is 51.1 Å². The summed E-state index contributed by atoms with van der Waals surface area (Å²) in [4.78, 5) is 21.1. The SMILES string of the molecule is C=C.CC(NC(=O)c1ccc(C#Cc2ccccc2N)cc1)C(C)(C)O.COC=O. The predicted octanol–water partition coefficient (Wildman–Crippen LogP) is 3.15. The van der Waals surface area contributed by atoms with Crippen LogP contribution in [0.1, 0.15) is 42.3 Å². The molecule has 0 saturated carbocycles. The maximum atomic E-state index is 12.2. The summed E-state index contributed by atoms with van der Waals surface area (Å²) in [6.45, 7) is 11.5. The first kappa shape index (κ1) is 26.4. The normalized spacial score (nSPS) is 10.4. The fourth-order valence-corrected chi connectivity index (χ4v) is 1.91. The van der Waals surface area contributed by atoms with Crippen LogP contribution in [0.3, 0.4) is 0 Å². The van der Waals surface area contributed by atoms with Gasteiger partial charge < -0.3 is 20.9 Å². The van der Waals surface area contributed by atoms with Gasteiger partial charge in [0.1, 0.15) is 0 Å². The van der Waals surface area contributed by atoms with E-state index in [-0.39, 0.29) is 11.9 Å². The van der Waals surface area contributed by atoms with Gasteiger partial charge in [-0.15, -0.1) is 13.2 Å². The molecule has 2 aromatic rings. The van der Waals surface area contributed by atoms with Crippen molar-refractivity contribution in [1.29, 1.82) is 0 Å². The number of carbonyl (C=O) groups excluding carboxylic acids is 2. The third-order valence-electron chi connectivity index (χ3n) is 3.95. The van der Waals surface area contributed by atoms with Gasteiger partial charge >= 0.3 is 0 Å². The topological polar surface area (TPSA) is 102 Å². The van der Waals surface area contributed by atoms with E-state index in [9.17, 15) is 9.90 Å². The summed E-state index contributed by atoms with van der Waals surface area (Å²) in [5.41, 5.74) is 7.62. The number of benzene rings is 2. The highest BCUT2D eigenvalue weighted by molar-refractivity contribution is 5.94. The molecule has 1 unspecified atom stereocenters. The Hall–Kier alpha value is -3.56. The Balaban J connectivity index is 0.00000125. The van der Waals surface area contributed by atoms with E-state index >= 15 is 0 Å². The van der Waals surface area contributed by atoms with E-state index in [2.05, 4.69) is 35.1 Å². The van der Waals surface area contributed by atoms with E-state index in [4.69, 9.17) is 10.5 Å². The Bertz CT molecular complexity index is 859. The van der Waals surface area contributed by atoms with Crippen molar-refractivity contribution in [3.8, 4) is 11.8 Å². The summed E-state index contributed by atoms with van der Waals surface area (Å²) in [5.74, 6) is 5.83. The third-order valence-corrected chi connectivity index (χ3v) is 3.95. The molecule has 0 spiro atoms. The largest absolute Gasteiger partial charge is 0.471 e. The van der Waals surface area contributed by atoms with Crippen LogP contribution in [-0.4, -0.2) is 36.2 Å². The van der Waals surface area contributed by atoms with Crippen LogP contribution in [0.5, 0.6) is 0 Å². The molecule has 1 atom stereocenters. The van der Waals surface area contributed by atoms with Gasteiger partial charge in [0.2, 0.25) is 0 Å². The van der Waals surface area contributed by atoms with E-state index in [0.717, 1.165) is 11.1 Å². The third kappa shape index (κ3) is 9.58. The van der Waals surface area contributed by atoms with Crippen LogP contribution in [-0.2, 0) is 9.53 Å². The van der Waals surface area contributed by atoms with Crippen molar-refractivity contribution in [3.05, 3.63) is 78.4 Å². The quantitative estimate of drug-likeness (QED) is 0.311. The van der Waals surface area contributed by atoms with Crippen molar-refractivity contribution < 1.29 is 19.4 Å². The first-order chi connectivity index (χ1) is 14.2. The van der Waals surface area contributed by atoms with Gasteiger partial charge in [0.05, 0.1) is 18.8 Å². The predicted molar refractivity (Wildman–Crippen MR) is 121 cm³/mol. The first-order valence-corrected chi connectivity index (χ1v) is 9.15. The van der Waals surface area contributed by atoms with Crippen molar-refractivity contribution in [3.63, 3.8) is 0 Å². The molecule has 0 aliphatic carbocycles. The lowest BCUT2D eigenvalue weighted by atomic mass is 10.0. The molecule has 2 aromatic carbocycles. The smallest absolute Gasteiger partial charge is 0.292 e. The van der Waals surface area contributed by atoms with Gasteiger partial charge in [-0.05, 0) is 57.2 Å². The monoisotopic (exact) mass is 410 g/mol. The average Bonchev–Trinajstić information content (AvgIpc) is 2.74. The fourth-order valence-electron chi connectivity index (χ4n) is 1.91. The minimum absolute atomic E-state index is 0.226. The summed E-state index contributed by atoms with van der Waals surface area (Å²) in [6.07, 6.45) is 0. The van der Waals surface area contributed by atoms with Crippen LogP contribution >= 0.6 is 0 Å². The molecule has 2 rings (SSSR count). The number of anilines is 1. The number of nitrogens with two attached hydrogens (primary N) is 1. The zero-order valence-electron chi connectivity index (χ0n) is 17.9. The summed E-state index contributed by atoms with van der Waals surface area (Å²) in [5, 5.41) is 12.7. The lowest BCUT2D eigenvalue weighted by molar-refractivity contribution is -0.126. The van der Waals surface area contributed by atoms with E-state index < -0.39 is 5.60 Å². The second-order valence-electron chi connectivity index (χ2n) is 6.60. The molecule has 0 radical (unpaired) electrons. The molecule has 0 aromatic heterocycles. The van der Waals surface area contributed by atoms with Crippen molar-refractivity contribution in [2.24, 2.45) is 0 Å². The Morgan fingerprint density at radius 3 is 2.17 bits per heavy atom. The number of para-hydroxylation sites is 1. The number of rotatable bonds is 4. The number of hydrogen-bond donors (Lipinski definition) is 3. The summed E-state index contributed by atoms with van der Waals surface area (Å²) >= 11 is 0. The molecule has 0 bridgehead atoms. The van der Waals surface area contributed by atoms with Crippen LogP contribution in [0.4, 0.5) is 5.69 Å². The molecule has 6 heteroatoms. The standard InChI is InChI=1S/C20H22N2O2.C2H4O2.C2H4/c1-14(20(2,3)24)22-19(23)17-12-9-15(10-13-17)8-11-16-6-4-5-7-18(16)21;1-4-2-3;1-2/h4-7,9-10,12-14,24H,21H2,1-3H3,(H,22,23);2H,1H3;1-2H2. The summed E-state index contributed by atoms with van der Waals surface area (Å²) in [7, 11) is 1.31. The summed E-state index contributed by atoms with van der Waals surface area (Å²) < 4.78 is 3.86. The number of nitrogens with one attached hydrogen (secondary N) is 1. The lowest BCUT2D eigenvalue weighted by Gasteiger charge is -2.26. The highest BCUT2D eigenvalue weighted by atomic mass is 16.5. The van der Waals surface area contributed by atoms with Crippen molar-refractivity contribution in [2.45, 2.75) is 32.4 Å². The average molecular weight is 411 g/mol. The zero-order chi connectivity index (χ0) is 23.2. The first-order valence-electron chi connectivity index (χ1n) is 9.15. The molecule has 0 fully saturated rings. The number of ether oxygens (including phenoxy) is 1. The zero-order valence-corrected chi connectivity index (χ0v) is 17.9. The summed E-state index contributed by atoms with van der Waals surface area (Å²) in [6, 6.07) is 14.1. The highest BCUT2D eigenvalue weighted by Crippen LogP contribution is 2.11. The van der Waals surface area contributed by atoms with E-state index in [1.165, 1.54) is 7.11 Å². The Kier molecular flexibility index (Phi) is 12.0. The Labute approximate surface area is 178 Å². The van der Waals surface area contributed by atoms with Crippen molar-refractivity contribution in [2.75, 3.05) is 12.8 Å². The lowest BCUT2D eigenvalue weighted by Crippen LogP contribution is -2.47. The second kappa shape index (κ2) is 13.6. The van der Waals surface area contributed by atoms with Gasteiger partial charge in [-0.1, -0.05) is 24.0 Å². The Morgan fingerprint density at radius 1 is 1.17 bits per heavy atom. The van der Waals surface area contributed by atoms with E-state index in [0.29, 0.717) is 17.7 Å². The van der Waals surface area contributed by atoms with Crippen LogP contribution < -0.4 is 11.1 Å². The molecule has 1 amide bonds. The van der Waals surface area contributed by atoms with Crippen LogP contribution in [0.15, 0.2) is 61.7 Å². The van der Waals surface area contributed by atoms with Gasteiger partial charge in [-0.3, -0.25) is 9.59 Å². The number of nitrogen functional groups attached to an aromatic ring is 1. The Morgan fingerprint density at radius 2 is 1.70 bits per heavy atom. The van der Waals surface area contributed by atoms with Crippen molar-refractivity contribution >= 4 is 18.1 Å². The molecule has 30 heavy (non-hydrogen) atoms. The molecule has 0 aliphatic rings. The van der Waals surface area contributed by atoms with Crippen LogP contribution in [0.25, 0.3) is 0 Å². The van der Waals surface area contributed by atoms with Gasteiger partial charge in [-0.2, -0.15) is 0 Å². The minimum atomic E-state index is -0.976. The number of amides is 1. The van der Waals surface area contributed by atoms with Crippen molar-refractivity contribution in [1.82, 2.24) is 5.32 Å². The number of carbonyl (C=O) groups is 2. The molecular weight excluding hydrogens is 380 g/mol. The maximum absolute atomic E-state index is 12.2. The second-order valence-corrected chi connectivity index (χ2v) is 6.60. The minimum Gasteiger partial charge on any atom is -0.471 e. The molecule has 6 nitrogen and oxygen atoms in total. The molecular formula is C24H30N2O4. The van der Waals surface area contributed by atoms with Crippen LogP contribution in [0.2, 0.25) is 0 Å². The van der Waals surface area contributed by atoms with Crippen LogP contribution in [0, 0.1) is 11.8 Å². The maximum Gasteiger partial charge on any atom is 0.292 e. The highest BCUT2D eigenvalue weighted by Gasteiger charge is 2.24. The van der Waals surface area contributed by atoms with Gasteiger partial charge in [0.15, 0.2) is 0 Å². The van der Waals surface area contributed by atoms with E-state index in [1.807, 2.05) is 18.2 Å². The number of aliphatic hydroxyl groups is 1. The number of methoxy groups -OCH3 is 1. The number of hydrogen-bond acceptors (Lipinski definition) is 5. The molecule has 4 N–H and O–H groups in total. The van der Waals surface area contributed by atoms with Gasteiger partial charge in [0, 0.05) is 22.4 Å². The molecule has 0 aliphatic heterocycles. The molecule has 0 saturated heterocycles. The van der Waals surface area contributed by atoms with Gasteiger partial charge in [-0.25, -0.2) is 0 Å². The molecule has 0 heterocycles. The fraction of sp³-hybridized carbons (Fsp3) is 0.250. The molecule has 160 valence electrons.